The summed E-state index contributed by atoms with van der Waals surface area (Å²) in [7, 11) is 0. The fourth-order valence-corrected chi connectivity index (χ4v) is 8.30. The van der Waals surface area contributed by atoms with Crippen LogP contribution < -0.4 is 0 Å². The molecule has 8 atom stereocenters. The van der Waals surface area contributed by atoms with Gasteiger partial charge in [0, 0.05) is 19.3 Å². The van der Waals surface area contributed by atoms with Crippen LogP contribution >= 0.6 is 0 Å². The van der Waals surface area contributed by atoms with Gasteiger partial charge in [0.1, 0.15) is 0 Å². The van der Waals surface area contributed by atoms with Gasteiger partial charge in [-0.05, 0) is 91.4 Å². The van der Waals surface area contributed by atoms with Crippen molar-refractivity contribution in [3.05, 3.63) is 11.6 Å². The number of esters is 1. The zero-order valence-corrected chi connectivity index (χ0v) is 19.3. The highest BCUT2D eigenvalue weighted by Crippen LogP contribution is 2.67. The fraction of sp³-hybridized carbons (Fsp3) is 0.846. The van der Waals surface area contributed by atoms with Crippen molar-refractivity contribution in [2.45, 2.75) is 98.2 Å². The van der Waals surface area contributed by atoms with Crippen molar-refractivity contribution >= 4 is 11.8 Å². The summed E-state index contributed by atoms with van der Waals surface area (Å²) in [4.78, 5) is 23.5. The van der Waals surface area contributed by atoms with E-state index in [1.54, 1.807) is 6.92 Å². The van der Waals surface area contributed by atoms with Gasteiger partial charge >= 0.3 is 5.97 Å². The van der Waals surface area contributed by atoms with Gasteiger partial charge in [0.05, 0.1) is 0 Å². The summed E-state index contributed by atoms with van der Waals surface area (Å²) in [6.45, 7) is 8.94. The minimum Gasteiger partial charge on any atom is -0.436 e. The average Bonchev–Trinajstić information content (AvgIpc) is 3.05. The lowest BCUT2D eigenvalue weighted by atomic mass is 9.46. The molecular formula is C26H40O4. The summed E-state index contributed by atoms with van der Waals surface area (Å²) in [5.41, 5.74) is 1.98. The lowest BCUT2D eigenvalue weighted by Crippen LogP contribution is -2.51. The number of aliphatic hydroxyl groups excluding tert-OH is 1. The number of carbonyl (C=O) groups excluding carboxylic acids is 2. The highest BCUT2D eigenvalue weighted by Gasteiger charge is 2.59. The summed E-state index contributed by atoms with van der Waals surface area (Å²) in [5, 5.41) is 10.3. The number of aliphatic hydroxyl groups is 1. The zero-order chi connectivity index (χ0) is 21.7. The first kappa shape index (κ1) is 22.0. The van der Waals surface area contributed by atoms with E-state index < -0.39 is 6.29 Å². The average molecular weight is 417 g/mol. The van der Waals surface area contributed by atoms with Gasteiger partial charge in [0.15, 0.2) is 5.78 Å². The molecule has 0 amide bonds. The van der Waals surface area contributed by atoms with E-state index in [1.807, 2.05) is 6.08 Å². The van der Waals surface area contributed by atoms with E-state index in [1.165, 1.54) is 37.7 Å². The molecular weight excluding hydrogens is 376 g/mol. The van der Waals surface area contributed by atoms with Crippen molar-refractivity contribution in [1.82, 2.24) is 0 Å². The zero-order valence-electron chi connectivity index (χ0n) is 19.3. The lowest BCUT2D eigenvalue weighted by molar-refractivity contribution is -0.171. The summed E-state index contributed by atoms with van der Waals surface area (Å²) in [6, 6.07) is 0. The first-order valence-electron chi connectivity index (χ1n) is 12.3. The van der Waals surface area contributed by atoms with Crippen LogP contribution in [0.2, 0.25) is 0 Å². The minimum absolute atomic E-state index is 0.229. The molecule has 0 radical (unpaired) electrons. The van der Waals surface area contributed by atoms with E-state index >= 15 is 0 Å². The number of hydrogen-bond donors (Lipinski definition) is 1. The Balaban J connectivity index is 1.48. The topological polar surface area (TPSA) is 63.6 Å². The molecule has 0 spiro atoms. The number of carbonyl (C=O) groups is 2. The second-order valence-electron chi connectivity index (χ2n) is 11.2. The van der Waals surface area contributed by atoms with Gasteiger partial charge in [0.25, 0.3) is 0 Å². The first-order valence-corrected chi connectivity index (χ1v) is 12.3. The molecule has 168 valence electrons. The van der Waals surface area contributed by atoms with E-state index in [2.05, 4.69) is 20.8 Å². The molecule has 3 saturated carbocycles. The Labute approximate surface area is 181 Å². The number of fused-ring (bicyclic) bond motifs is 5. The van der Waals surface area contributed by atoms with Gasteiger partial charge in [-0.15, -0.1) is 0 Å². The summed E-state index contributed by atoms with van der Waals surface area (Å²) >= 11 is 0. The molecule has 3 fully saturated rings. The lowest BCUT2D eigenvalue weighted by Gasteiger charge is -2.58. The minimum atomic E-state index is -0.979. The van der Waals surface area contributed by atoms with Crippen LogP contribution in [0.15, 0.2) is 11.6 Å². The van der Waals surface area contributed by atoms with Crippen LogP contribution in [-0.4, -0.2) is 23.1 Å². The maximum absolute atomic E-state index is 12.0. The Bertz CT molecular complexity index is 727. The Kier molecular flexibility index (Phi) is 5.93. The molecule has 4 nitrogen and oxygen atoms in total. The number of ether oxygens (including phenoxy) is 1. The van der Waals surface area contributed by atoms with Crippen LogP contribution in [0.3, 0.4) is 0 Å². The largest absolute Gasteiger partial charge is 0.436 e. The molecule has 4 aliphatic rings. The van der Waals surface area contributed by atoms with E-state index in [-0.39, 0.29) is 11.4 Å². The maximum Gasteiger partial charge on any atom is 0.307 e. The standard InChI is InChI=1S/C26H40O4/c1-5-23(28)30-24(29)14-16(2)20-8-9-21-19-7-6-17-15-18(27)10-12-25(17,3)22(19)11-13-26(20,21)4/h15-16,19-22,24,29H,5-14H2,1-4H3/t16?,19-,20?,21-,22+,24?,25-,26+/m0/s1. The van der Waals surface area contributed by atoms with Crippen molar-refractivity contribution in [2.24, 2.45) is 40.4 Å². The van der Waals surface area contributed by atoms with Crippen LogP contribution in [0.1, 0.15) is 91.9 Å². The van der Waals surface area contributed by atoms with Crippen LogP contribution in [0.25, 0.3) is 0 Å². The maximum atomic E-state index is 12.0. The van der Waals surface area contributed by atoms with Crippen molar-refractivity contribution in [3.63, 3.8) is 0 Å². The second-order valence-corrected chi connectivity index (χ2v) is 11.2. The molecule has 0 aromatic heterocycles. The smallest absolute Gasteiger partial charge is 0.307 e. The molecule has 0 heterocycles. The number of rotatable bonds is 5. The summed E-state index contributed by atoms with van der Waals surface area (Å²) in [5.74, 6) is 3.16. The molecule has 4 aliphatic carbocycles. The molecule has 0 bridgehead atoms. The second kappa shape index (κ2) is 8.07. The molecule has 30 heavy (non-hydrogen) atoms. The molecule has 0 aromatic rings. The van der Waals surface area contributed by atoms with Crippen molar-refractivity contribution in [3.8, 4) is 0 Å². The number of hydrogen-bond acceptors (Lipinski definition) is 4. The predicted molar refractivity (Wildman–Crippen MR) is 116 cm³/mol. The number of ketones is 1. The summed E-state index contributed by atoms with van der Waals surface area (Å²) < 4.78 is 5.15. The molecule has 0 saturated heterocycles. The molecule has 4 heteroatoms. The third-order valence-corrected chi connectivity index (χ3v) is 9.85. The van der Waals surface area contributed by atoms with E-state index in [9.17, 15) is 14.7 Å². The van der Waals surface area contributed by atoms with Gasteiger partial charge in [0.2, 0.25) is 6.29 Å². The highest BCUT2D eigenvalue weighted by molar-refractivity contribution is 5.91. The number of allylic oxidation sites excluding steroid dienone is 1. The molecule has 3 unspecified atom stereocenters. The Morgan fingerprint density at radius 2 is 1.93 bits per heavy atom. The van der Waals surface area contributed by atoms with E-state index in [0.29, 0.717) is 41.8 Å². The predicted octanol–water partition coefficient (Wildman–Crippen LogP) is 5.43. The van der Waals surface area contributed by atoms with Gasteiger partial charge < -0.3 is 9.84 Å². The normalized spacial score (nSPS) is 42.4. The quantitative estimate of drug-likeness (QED) is 0.479. The third-order valence-electron chi connectivity index (χ3n) is 9.85. The van der Waals surface area contributed by atoms with Gasteiger partial charge in [-0.1, -0.05) is 33.3 Å². The molecule has 1 N–H and O–H groups in total. The van der Waals surface area contributed by atoms with Crippen LogP contribution in [0.4, 0.5) is 0 Å². The fourth-order valence-electron chi connectivity index (χ4n) is 8.30. The monoisotopic (exact) mass is 416 g/mol. The van der Waals surface area contributed by atoms with Gasteiger partial charge in [-0.3, -0.25) is 9.59 Å². The molecule has 0 aliphatic heterocycles. The Morgan fingerprint density at radius 1 is 1.17 bits per heavy atom. The SMILES string of the molecule is CCC(=O)OC(O)CC(C)C1CC[C@H]2[C@@H]3CCC4=CC(=O)CC[C@]4(C)[C@@H]3CC[C@]12C. The van der Waals surface area contributed by atoms with Crippen LogP contribution in [0.5, 0.6) is 0 Å². The van der Waals surface area contributed by atoms with Crippen LogP contribution in [-0.2, 0) is 14.3 Å². The molecule has 4 rings (SSSR count). The van der Waals surface area contributed by atoms with Crippen molar-refractivity contribution in [1.29, 1.82) is 0 Å². The van der Waals surface area contributed by atoms with Gasteiger partial charge in [-0.25, -0.2) is 0 Å². The van der Waals surface area contributed by atoms with Crippen molar-refractivity contribution < 1.29 is 19.4 Å². The first-order chi connectivity index (χ1) is 14.2. The Morgan fingerprint density at radius 3 is 2.67 bits per heavy atom. The van der Waals surface area contributed by atoms with Crippen molar-refractivity contribution in [2.75, 3.05) is 0 Å². The van der Waals surface area contributed by atoms with E-state index in [4.69, 9.17) is 4.74 Å². The van der Waals surface area contributed by atoms with Crippen LogP contribution in [0, 0.1) is 40.4 Å². The molecule has 0 aromatic carbocycles. The highest BCUT2D eigenvalue weighted by atomic mass is 16.6. The Hall–Kier alpha value is -1.16. The van der Waals surface area contributed by atoms with E-state index in [0.717, 1.165) is 31.1 Å². The summed E-state index contributed by atoms with van der Waals surface area (Å²) in [6.07, 6.45) is 11.0. The third kappa shape index (κ3) is 3.57. The van der Waals surface area contributed by atoms with Gasteiger partial charge in [-0.2, -0.15) is 0 Å².